The van der Waals surface area contributed by atoms with Crippen molar-refractivity contribution in [3.8, 4) is 17.1 Å². The number of likely N-dealkylation sites (tertiary alicyclic amines) is 1. The minimum Gasteiger partial charge on any atom is -0.473 e. The van der Waals surface area contributed by atoms with Crippen molar-refractivity contribution in [2.24, 2.45) is 11.8 Å². The van der Waals surface area contributed by atoms with E-state index < -0.39 is 0 Å². The van der Waals surface area contributed by atoms with Gasteiger partial charge in [-0.1, -0.05) is 17.7 Å². The molecule has 5 rings (SSSR count). The molecule has 2 aromatic heterocycles. The van der Waals surface area contributed by atoms with Gasteiger partial charge in [0.1, 0.15) is 11.9 Å². The van der Waals surface area contributed by atoms with E-state index in [1.165, 1.54) is 29.5 Å². The molecule has 31 heavy (non-hydrogen) atoms. The van der Waals surface area contributed by atoms with E-state index in [1.54, 1.807) is 12.1 Å². The van der Waals surface area contributed by atoms with Crippen LogP contribution >= 0.6 is 11.6 Å². The SMILES string of the molecule is Cc1cccnc1CN1C[C@H]2CC(Oc3ccc(-c4cc(F)ccc4Cl)nn3)C[C@H]2C1. The van der Waals surface area contributed by atoms with Crippen LogP contribution in [0.5, 0.6) is 5.88 Å². The van der Waals surface area contributed by atoms with Gasteiger partial charge in [0.05, 0.1) is 16.4 Å². The zero-order valence-electron chi connectivity index (χ0n) is 17.3. The number of hydrogen-bond acceptors (Lipinski definition) is 5. The Hall–Kier alpha value is -2.57. The summed E-state index contributed by atoms with van der Waals surface area (Å²) in [4.78, 5) is 7.05. The number of nitrogens with zero attached hydrogens (tertiary/aromatic N) is 4. The molecule has 1 aliphatic heterocycles. The number of fused-ring (bicyclic) bond motifs is 1. The van der Waals surface area contributed by atoms with Crippen LogP contribution in [-0.4, -0.2) is 39.3 Å². The van der Waals surface area contributed by atoms with Gasteiger partial charge in [-0.2, -0.15) is 0 Å². The minimum absolute atomic E-state index is 0.159. The maximum Gasteiger partial charge on any atom is 0.233 e. The molecular weight excluding hydrogens is 415 g/mol. The fourth-order valence-corrected chi connectivity index (χ4v) is 5.07. The van der Waals surface area contributed by atoms with Crippen LogP contribution in [0.4, 0.5) is 4.39 Å². The van der Waals surface area contributed by atoms with Crippen LogP contribution in [0.25, 0.3) is 11.3 Å². The number of halogens is 2. The quantitative estimate of drug-likeness (QED) is 0.565. The number of aromatic nitrogens is 3. The first kappa shape index (κ1) is 20.3. The highest BCUT2D eigenvalue weighted by atomic mass is 35.5. The standard InChI is InChI=1S/C24H24ClFN4O/c1-15-3-2-8-27-23(15)14-30-12-16-9-19(10-17(16)13-30)31-24-7-6-22(28-29-24)20-11-18(26)4-5-21(20)25/h2-8,11,16-17,19H,9-10,12-14H2,1H3/t16-,17+,19?. The lowest BCUT2D eigenvalue weighted by molar-refractivity contribution is 0.176. The highest BCUT2D eigenvalue weighted by molar-refractivity contribution is 6.33. The van der Waals surface area contributed by atoms with Gasteiger partial charge in [0.25, 0.3) is 0 Å². The molecule has 3 heterocycles. The van der Waals surface area contributed by atoms with E-state index in [4.69, 9.17) is 16.3 Å². The second kappa shape index (κ2) is 8.52. The molecule has 0 N–H and O–H groups in total. The van der Waals surface area contributed by atoms with Crippen molar-refractivity contribution in [3.05, 3.63) is 70.8 Å². The molecule has 3 atom stereocenters. The Bertz CT molecular complexity index is 1060. The van der Waals surface area contributed by atoms with Gasteiger partial charge in [0.2, 0.25) is 5.88 Å². The van der Waals surface area contributed by atoms with E-state index in [9.17, 15) is 4.39 Å². The predicted octanol–water partition coefficient (Wildman–Crippen LogP) is 4.93. The summed E-state index contributed by atoms with van der Waals surface area (Å²) in [7, 11) is 0. The van der Waals surface area contributed by atoms with E-state index in [0.717, 1.165) is 32.5 Å². The van der Waals surface area contributed by atoms with Crippen LogP contribution in [0.2, 0.25) is 5.02 Å². The van der Waals surface area contributed by atoms with E-state index >= 15 is 0 Å². The van der Waals surface area contributed by atoms with Crippen LogP contribution in [0.1, 0.15) is 24.1 Å². The first-order valence-corrected chi connectivity index (χ1v) is 11.0. The molecule has 0 radical (unpaired) electrons. The first-order valence-electron chi connectivity index (χ1n) is 10.6. The second-order valence-electron chi connectivity index (χ2n) is 8.57. The van der Waals surface area contributed by atoms with Crippen molar-refractivity contribution in [3.63, 3.8) is 0 Å². The molecule has 7 heteroatoms. The minimum atomic E-state index is -0.355. The number of benzene rings is 1. The van der Waals surface area contributed by atoms with Crippen LogP contribution in [0.3, 0.4) is 0 Å². The third-order valence-corrected chi connectivity index (χ3v) is 6.74. The molecular formula is C24H24ClFN4O. The zero-order valence-corrected chi connectivity index (χ0v) is 18.1. The lowest BCUT2D eigenvalue weighted by Crippen LogP contribution is -2.25. The number of hydrogen-bond donors (Lipinski definition) is 0. The van der Waals surface area contributed by atoms with Gasteiger partial charge < -0.3 is 4.74 Å². The Morgan fingerprint density at radius 1 is 1.10 bits per heavy atom. The molecule has 0 spiro atoms. The summed E-state index contributed by atoms with van der Waals surface area (Å²) in [5, 5.41) is 8.83. The summed E-state index contributed by atoms with van der Waals surface area (Å²) >= 11 is 6.16. The molecule has 5 nitrogen and oxygen atoms in total. The van der Waals surface area contributed by atoms with Crippen molar-refractivity contribution in [1.82, 2.24) is 20.1 Å². The zero-order chi connectivity index (χ0) is 21.4. The Labute approximate surface area is 186 Å². The van der Waals surface area contributed by atoms with Crippen molar-refractivity contribution in [1.29, 1.82) is 0 Å². The van der Waals surface area contributed by atoms with E-state index in [0.29, 0.717) is 34.0 Å². The lowest BCUT2D eigenvalue weighted by Gasteiger charge is -2.19. The molecule has 1 saturated carbocycles. The average Bonchev–Trinajstić information content (AvgIpc) is 3.30. The molecule has 1 unspecified atom stereocenters. The van der Waals surface area contributed by atoms with Gasteiger partial charge in [-0.25, -0.2) is 4.39 Å². The Kier molecular flexibility index (Phi) is 5.59. The van der Waals surface area contributed by atoms with Crippen LogP contribution < -0.4 is 4.74 Å². The van der Waals surface area contributed by atoms with E-state index in [1.807, 2.05) is 12.3 Å². The summed E-state index contributed by atoms with van der Waals surface area (Å²) in [5.74, 6) is 1.44. The van der Waals surface area contributed by atoms with Crippen molar-refractivity contribution in [2.75, 3.05) is 13.1 Å². The van der Waals surface area contributed by atoms with Gasteiger partial charge in [0.15, 0.2) is 0 Å². The first-order chi connectivity index (χ1) is 15.0. The molecule has 1 saturated heterocycles. The predicted molar refractivity (Wildman–Crippen MR) is 117 cm³/mol. The third-order valence-electron chi connectivity index (χ3n) is 6.41. The maximum absolute atomic E-state index is 13.5. The molecule has 2 aliphatic rings. The third kappa shape index (κ3) is 4.41. The molecule has 0 bridgehead atoms. The molecule has 2 fully saturated rings. The Balaban J connectivity index is 1.17. The van der Waals surface area contributed by atoms with Crippen LogP contribution in [-0.2, 0) is 6.54 Å². The topological polar surface area (TPSA) is 51.1 Å². The average molecular weight is 439 g/mol. The van der Waals surface area contributed by atoms with Gasteiger partial charge in [-0.3, -0.25) is 9.88 Å². The van der Waals surface area contributed by atoms with Crippen LogP contribution in [0.15, 0.2) is 48.7 Å². The van der Waals surface area contributed by atoms with Gasteiger partial charge in [0, 0.05) is 37.5 Å². The maximum atomic E-state index is 13.5. The summed E-state index contributed by atoms with van der Waals surface area (Å²) < 4.78 is 19.6. The lowest BCUT2D eigenvalue weighted by atomic mass is 10.0. The van der Waals surface area contributed by atoms with Crippen molar-refractivity contribution in [2.45, 2.75) is 32.4 Å². The molecule has 160 valence electrons. The number of ether oxygens (including phenoxy) is 1. The molecule has 1 aliphatic carbocycles. The second-order valence-corrected chi connectivity index (χ2v) is 8.98. The largest absolute Gasteiger partial charge is 0.473 e. The van der Waals surface area contributed by atoms with Crippen molar-refractivity contribution >= 4 is 11.6 Å². The van der Waals surface area contributed by atoms with Crippen molar-refractivity contribution < 1.29 is 9.13 Å². The summed E-state index contributed by atoms with van der Waals surface area (Å²) in [6.45, 7) is 5.21. The molecule has 0 amide bonds. The highest BCUT2D eigenvalue weighted by Crippen LogP contribution is 2.40. The monoisotopic (exact) mass is 438 g/mol. The van der Waals surface area contributed by atoms with E-state index in [-0.39, 0.29) is 11.9 Å². The normalized spacial score (nSPS) is 23.1. The summed E-state index contributed by atoms with van der Waals surface area (Å²) in [5.41, 5.74) is 3.48. The van der Waals surface area contributed by atoms with Gasteiger partial charge in [-0.05, 0) is 67.5 Å². The fraction of sp³-hybridized carbons (Fsp3) is 0.375. The number of aryl methyl sites for hydroxylation is 1. The van der Waals surface area contributed by atoms with E-state index in [2.05, 4.69) is 33.1 Å². The molecule has 1 aromatic carbocycles. The highest BCUT2D eigenvalue weighted by Gasteiger charge is 2.42. The van der Waals surface area contributed by atoms with Gasteiger partial charge >= 0.3 is 0 Å². The number of rotatable bonds is 5. The number of pyridine rings is 1. The van der Waals surface area contributed by atoms with Gasteiger partial charge in [-0.15, -0.1) is 10.2 Å². The molecule has 3 aromatic rings. The summed E-state index contributed by atoms with van der Waals surface area (Å²) in [6.07, 6.45) is 4.09. The van der Waals surface area contributed by atoms with Crippen LogP contribution in [0, 0.1) is 24.6 Å². The Morgan fingerprint density at radius 3 is 2.61 bits per heavy atom. The smallest absolute Gasteiger partial charge is 0.233 e. The Morgan fingerprint density at radius 2 is 1.90 bits per heavy atom. The summed E-state index contributed by atoms with van der Waals surface area (Å²) in [6, 6.07) is 11.9. The fourth-order valence-electron chi connectivity index (χ4n) is 4.85.